The van der Waals surface area contributed by atoms with E-state index >= 15 is 0 Å². The maximum absolute atomic E-state index is 13.2. The number of rotatable bonds is 7. The third kappa shape index (κ3) is 5.05. The minimum atomic E-state index is -1.07. The first-order chi connectivity index (χ1) is 17.4. The molecule has 0 amide bonds. The smallest absolute Gasteiger partial charge is 0.355 e. The zero-order valence-corrected chi connectivity index (χ0v) is 20.2. The highest BCUT2D eigenvalue weighted by molar-refractivity contribution is 6.18. The van der Waals surface area contributed by atoms with Crippen molar-refractivity contribution in [2.24, 2.45) is 0 Å². The summed E-state index contributed by atoms with van der Waals surface area (Å²) in [5.41, 5.74) is -0.222. The van der Waals surface area contributed by atoms with Gasteiger partial charge in [0.05, 0.1) is 45.6 Å². The number of carbonyl (C=O) groups is 4. The fraction of sp³-hybridized carbons (Fsp3) is 0.185. The quantitative estimate of drug-likeness (QED) is 0.427. The third-order valence-corrected chi connectivity index (χ3v) is 5.44. The highest BCUT2D eigenvalue weighted by Gasteiger charge is 2.46. The van der Waals surface area contributed by atoms with Crippen LogP contribution in [0.5, 0.6) is 0 Å². The molecule has 2 aromatic rings. The first-order valence-corrected chi connectivity index (χ1v) is 10.8. The molecule has 1 atom stereocenters. The lowest BCUT2D eigenvalue weighted by molar-refractivity contribution is -0.142. The lowest BCUT2D eigenvalue weighted by Gasteiger charge is -2.38. The Morgan fingerprint density at radius 3 is 1.69 bits per heavy atom. The molecule has 1 aliphatic rings. The van der Waals surface area contributed by atoms with Crippen molar-refractivity contribution in [1.82, 2.24) is 0 Å². The van der Waals surface area contributed by atoms with Crippen LogP contribution >= 0.6 is 0 Å². The van der Waals surface area contributed by atoms with Gasteiger partial charge in [-0.25, -0.2) is 19.2 Å². The summed E-state index contributed by atoms with van der Waals surface area (Å²) in [5.74, 6) is -3.89. The number of para-hydroxylation sites is 1. The number of hydrogen-bond acceptors (Lipinski definition) is 9. The van der Waals surface area contributed by atoms with Crippen LogP contribution in [-0.4, -0.2) is 58.4 Å². The topological polar surface area (TPSA) is 108 Å². The lowest BCUT2D eigenvalue weighted by Crippen LogP contribution is -2.46. The molecule has 9 heteroatoms. The Labute approximate surface area is 208 Å². The molecule has 9 nitrogen and oxygen atoms in total. The van der Waals surface area contributed by atoms with E-state index in [1.807, 2.05) is 30.3 Å². The Morgan fingerprint density at radius 1 is 0.667 bits per heavy atom. The third-order valence-electron chi connectivity index (χ3n) is 5.44. The fourth-order valence-electron chi connectivity index (χ4n) is 3.86. The summed E-state index contributed by atoms with van der Waals surface area (Å²) in [5, 5.41) is 0. The van der Waals surface area contributed by atoms with E-state index < -0.39 is 41.1 Å². The Hall–Kier alpha value is -4.66. The number of ether oxygens (including phenoxy) is 4. The van der Waals surface area contributed by atoms with Crippen LogP contribution in [0, 0.1) is 0 Å². The number of benzene rings is 2. The predicted octanol–water partition coefficient (Wildman–Crippen LogP) is 2.83. The van der Waals surface area contributed by atoms with Crippen molar-refractivity contribution in [2.75, 3.05) is 33.3 Å². The molecule has 3 rings (SSSR count). The number of hydrogen-bond donors (Lipinski definition) is 0. The van der Waals surface area contributed by atoms with Gasteiger partial charge < -0.3 is 23.8 Å². The molecule has 0 saturated heterocycles. The van der Waals surface area contributed by atoms with Crippen LogP contribution < -0.4 is 4.90 Å². The van der Waals surface area contributed by atoms with E-state index in [4.69, 9.17) is 18.9 Å². The standard InChI is InChI=1S/C27H25NO8/c1-33-24(29)20-19(16-15-17-11-7-5-8-12-17)28(18-13-9-6-10-14-18)23(27(32)36-4)22(26(31)35-3)21(20)25(30)34-2/h5-16,19H,1-4H3. The fourth-order valence-corrected chi connectivity index (χ4v) is 3.86. The Bertz CT molecular complexity index is 1250. The lowest BCUT2D eigenvalue weighted by atomic mass is 9.86. The molecular formula is C27H25NO8. The molecule has 186 valence electrons. The van der Waals surface area contributed by atoms with E-state index in [-0.39, 0.29) is 11.3 Å². The molecule has 0 saturated carbocycles. The Balaban J connectivity index is 2.48. The molecule has 1 aliphatic heterocycles. The molecule has 0 radical (unpaired) electrons. The average molecular weight is 491 g/mol. The van der Waals surface area contributed by atoms with Gasteiger partial charge in [0.25, 0.3) is 0 Å². The largest absolute Gasteiger partial charge is 0.466 e. The van der Waals surface area contributed by atoms with E-state index in [0.717, 1.165) is 34.0 Å². The van der Waals surface area contributed by atoms with Gasteiger partial charge in [-0.15, -0.1) is 0 Å². The Kier molecular flexibility index (Phi) is 8.40. The minimum absolute atomic E-state index is 0.214. The van der Waals surface area contributed by atoms with E-state index in [1.165, 1.54) is 4.90 Å². The van der Waals surface area contributed by atoms with Crippen LogP contribution in [0.1, 0.15) is 5.56 Å². The molecule has 1 unspecified atom stereocenters. The molecule has 0 N–H and O–H groups in total. The van der Waals surface area contributed by atoms with Gasteiger partial charge in [-0.2, -0.15) is 0 Å². The molecular weight excluding hydrogens is 466 g/mol. The van der Waals surface area contributed by atoms with Crippen molar-refractivity contribution in [1.29, 1.82) is 0 Å². The van der Waals surface area contributed by atoms with Gasteiger partial charge in [0.1, 0.15) is 11.3 Å². The van der Waals surface area contributed by atoms with Crippen LogP contribution in [0.15, 0.2) is 89.2 Å². The minimum Gasteiger partial charge on any atom is -0.466 e. The summed E-state index contributed by atoms with van der Waals surface area (Å²) in [4.78, 5) is 53.8. The van der Waals surface area contributed by atoms with E-state index in [2.05, 4.69) is 0 Å². The second-order valence-electron chi connectivity index (χ2n) is 7.40. The first kappa shape index (κ1) is 26.0. The van der Waals surface area contributed by atoms with Gasteiger partial charge >= 0.3 is 23.9 Å². The summed E-state index contributed by atoms with van der Waals surface area (Å²) < 4.78 is 19.8. The maximum atomic E-state index is 13.2. The predicted molar refractivity (Wildman–Crippen MR) is 130 cm³/mol. The van der Waals surface area contributed by atoms with E-state index in [1.54, 1.807) is 42.5 Å². The van der Waals surface area contributed by atoms with Gasteiger partial charge in [-0.3, -0.25) is 0 Å². The zero-order valence-electron chi connectivity index (χ0n) is 20.2. The SMILES string of the molecule is COC(=O)C1=C(C(=O)OC)C(C=Cc2ccccc2)N(c2ccccc2)C(C(=O)OC)=C1C(=O)OC. The number of nitrogens with zero attached hydrogens (tertiary/aromatic N) is 1. The number of carbonyl (C=O) groups excluding carboxylic acids is 4. The van der Waals surface area contributed by atoms with Crippen LogP contribution in [0.4, 0.5) is 5.69 Å². The molecule has 0 aliphatic carbocycles. The summed E-state index contributed by atoms with van der Waals surface area (Å²) in [6, 6.07) is 16.7. The van der Waals surface area contributed by atoms with Crippen molar-refractivity contribution in [3.8, 4) is 0 Å². The van der Waals surface area contributed by atoms with Gasteiger partial charge in [0.2, 0.25) is 0 Å². The van der Waals surface area contributed by atoms with Crippen LogP contribution in [0.3, 0.4) is 0 Å². The van der Waals surface area contributed by atoms with Crippen molar-refractivity contribution in [2.45, 2.75) is 6.04 Å². The van der Waals surface area contributed by atoms with Crippen molar-refractivity contribution in [3.63, 3.8) is 0 Å². The van der Waals surface area contributed by atoms with Gasteiger partial charge in [0, 0.05) is 5.69 Å². The van der Waals surface area contributed by atoms with Crippen LogP contribution in [0.2, 0.25) is 0 Å². The van der Waals surface area contributed by atoms with Crippen molar-refractivity contribution >= 4 is 35.6 Å². The van der Waals surface area contributed by atoms with Crippen LogP contribution in [0.25, 0.3) is 6.08 Å². The van der Waals surface area contributed by atoms with Crippen molar-refractivity contribution in [3.05, 3.63) is 94.7 Å². The molecule has 0 fully saturated rings. The molecule has 0 spiro atoms. The van der Waals surface area contributed by atoms with Crippen molar-refractivity contribution < 1.29 is 38.1 Å². The average Bonchev–Trinajstić information content (AvgIpc) is 2.94. The summed E-state index contributed by atoms with van der Waals surface area (Å²) in [6.45, 7) is 0. The summed E-state index contributed by atoms with van der Waals surface area (Å²) >= 11 is 0. The normalized spacial score (nSPS) is 15.6. The molecule has 1 heterocycles. The zero-order chi connectivity index (χ0) is 26.2. The Morgan fingerprint density at radius 2 is 1.17 bits per heavy atom. The molecule has 0 bridgehead atoms. The van der Waals surface area contributed by atoms with E-state index in [0.29, 0.717) is 5.69 Å². The number of methoxy groups -OCH3 is 4. The van der Waals surface area contributed by atoms with Gasteiger partial charge in [0.15, 0.2) is 0 Å². The second kappa shape index (κ2) is 11.7. The number of anilines is 1. The maximum Gasteiger partial charge on any atom is 0.355 e. The first-order valence-electron chi connectivity index (χ1n) is 10.8. The highest BCUT2D eigenvalue weighted by atomic mass is 16.5. The summed E-state index contributed by atoms with van der Waals surface area (Å²) in [7, 11) is 4.46. The second-order valence-corrected chi connectivity index (χ2v) is 7.40. The molecule has 2 aromatic carbocycles. The van der Waals surface area contributed by atoms with Gasteiger partial charge in [-0.05, 0) is 17.7 Å². The highest BCUT2D eigenvalue weighted by Crippen LogP contribution is 2.39. The van der Waals surface area contributed by atoms with Crippen LogP contribution in [-0.2, 0) is 38.1 Å². The van der Waals surface area contributed by atoms with E-state index in [9.17, 15) is 19.2 Å². The monoisotopic (exact) mass is 491 g/mol. The number of esters is 4. The molecule has 0 aromatic heterocycles. The molecule has 36 heavy (non-hydrogen) atoms. The van der Waals surface area contributed by atoms with Gasteiger partial charge in [-0.1, -0.05) is 60.7 Å². The summed E-state index contributed by atoms with van der Waals surface area (Å²) in [6.07, 6.45) is 3.34.